The van der Waals surface area contributed by atoms with E-state index in [0.717, 1.165) is 51.2 Å². The fourth-order valence-corrected chi connectivity index (χ4v) is 5.30. The number of rotatable bonds is 4. The van der Waals surface area contributed by atoms with Crippen LogP contribution in [0.2, 0.25) is 0 Å². The van der Waals surface area contributed by atoms with Crippen molar-refractivity contribution in [3.05, 3.63) is 88.5 Å². The van der Waals surface area contributed by atoms with Crippen molar-refractivity contribution < 1.29 is 35.1 Å². The van der Waals surface area contributed by atoms with Gasteiger partial charge in [-0.3, -0.25) is 0 Å². The lowest BCUT2D eigenvalue weighted by Crippen LogP contribution is -2.24. The van der Waals surface area contributed by atoms with E-state index in [4.69, 9.17) is 0 Å². The summed E-state index contributed by atoms with van der Waals surface area (Å²) in [7, 11) is 0. The van der Waals surface area contributed by atoms with Crippen molar-refractivity contribution in [1.29, 1.82) is 0 Å². The molecule has 0 bridgehead atoms. The molecular formula is C29H26F8. The number of allylic oxidation sites excluding steroid dienone is 6. The lowest BCUT2D eigenvalue weighted by molar-refractivity contribution is -0.0813. The van der Waals surface area contributed by atoms with E-state index < -0.39 is 52.3 Å². The standard InChI is InChI=1S/C29H26F8/c1-3-16-4-6-17(7-5-16)19-11-25(32)27(26(33)12-19)18-8-9-21(23(30)10-18)20-13-24(31)22(15-29(35,36)37)28(2,34)14-20/h8-17H,3-7H2,1-2H3/b22-15-. The molecule has 0 amide bonds. The van der Waals surface area contributed by atoms with E-state index in [0.29, 0.717) is 23.6 Å². The molecule has 1 unspecified atom stereocenters. The lowest BCUT2D eigenvalue weighted by Gasteiger charge is -2.28. The lowest BCUT2D eigenvalue weighted by atomic mass is 9.77. The first-order valence-electron chi connectivity index (χ1n) is 12.2. The van der Waals surface area contributed by atoms with E-state index in [1.165, 1.54) is 18.2 Å². The summed E-state index contributed by atoms with van der Waals surface area (Å²) in [6.45, 7) is 2.85. The zero-order valence-corrected chi connectivity index (χ0v) is 20.3. The van der Waals surface area contributed by atoms with Crippen LogP contribution in [-0.4, -0.2) is 11.8 Å². The van der Waals surface area contributed by atoms with Crippen LogP contribution in [0.5, 0.6) is 0 Å². The third kappa shape index (κ3) is 5.83. The highest BCUT2D eigenvalue weighted by atomic mass is 19.4. The van der Waals surface area contributed by atoms with Gasteiger partial charge < -0.3 is 0 Å². The van der Waals surface area contributed by atoms with Crippen LogP contribution in [0.4, 0.5) is 35.1 Å². The van der Waals surface area contributed by atoms with Crippen molar-refractivity contribution in [2.45, 2.75) is 63.7 Å². The predicted octanol–water partition coefficient (Wildman–Crippen LogP) is 9.92. The van der Waals surface area contributed by atoms with Gasteiger partial charge in [0.15, 0.2) is 5.67 Å². The highest BCUT2D eigenvalue weighted by Crippen LogP contribution is 2.42. The first-order chi connectivity index (χ1) is 17.3. The summed E-state index contributed by atoms with van der Waals surface area (Å²) >= 11 is 0. The molecule has 0 aromatic heterocycles. The zero-order chi connectivity index (χ0) is 27.1. The average Bonchev–Trinajstić information content (AvgIpc) is 2.80. The van der Waals surface area contributed by atoms with Gasteiger partial charge in [-0.05, 0) is 91.5 Å². The number of benzene rings is 2. The molecule has 0 spiro atoms. The molecule has 2 aliphatic carbocycles. The summed E-state index contributed by atoms with van der Waals surface area (Å²) in [5.74, 6) is -3.55. The molecule has 37 heavy (non-hydrogen) atoms. The number of alkyl halides is 4. The molecule has 1 atom stereocenters. The minimum atomic E-state index is -4.95. The minimum absolute atomic E-state index is 0.0474. The van der Waals surface area contributed by atoms with Crippen molar-refractivity contribution in [1.82, 2.24) is 0 Å². The molecule has 198 valence electrons. The van der Waals surface area contributed by atoms with Crippen LogP contribution in [0, 0.1) is 23.4 Å². The predicted molar refractivity (Wildman–Crippen MR) is 128 cm³/mol. The van der Waals surface area contributed by atoms with Gasteiger partial charge in [-0.1, -0.05) is 25.5 Å². The Labute approximate surface area is 210 Å². The fourth-order valence-electron chi connectivity index (χ4n) is 5.30. The molecule has 0 N–H and O–H groups in total. The van der Waals surface area contributed by atoms with Crippen LogP contribution in [0.1, 0.15) is 63.0 Å². The minimum Gasteiger partial charge on any atom is -0.234 e. The van der Waals surface area contributed by atoms with Gasteiger partial charge in [0.2, 0.25) is 0 Å². The fraction of sp³-hybridized carbons (Fsp3) is 0.379. The second-order valence-electron chi connectivity index (χ2n) is 9.95. The van der Waals surface area contributed by atoms with Gasteiger partial charge in [-0.15, -0.1) is 0 Å². The molecule has 0 heterocycles. The maximum Gasteiger partial charge on any atom is 0.410 e. The molecular weight excluding hydrogens is 500 g/mol. The Morgan fingerprint density at radius 3 is 2.05 bits per heavy atom. The first-order valence-corrected chi connectivity index (χ1v) is 12.2. The molecule has 0 radical (unpaired) electrons. The van der Waals surface area contributed by atoms with E-state index >= 15 is 13.2 Å². The van der Waals surface area contributed by atoms with E-state index in [9.17, 15) is 22.0 Å². The second kappa shape index (κ2) is 10.1. The summed E-state index contributed by atoms with van der Waals surface area (Å²) in [6.07, 6.45) is 0.588. The molecule has 1 fully saturated rings. The smallest absolute Gasteiger partial charge is 0.234 e. The molecule has 1 saturated carbocycles. The van der Waals surface area contributed by atoms with Crippen LogP contribution in [-0.2, 0) is 0 Å². The number of hydrogen-bond donors (Lipinski definition) is 0. The highest BCUT2D eigenvalue weighted by Gasteiger charge is 2.38. The topological polar surface area (TPSA) is 0 Å². The Morgan fingerprint density at radius 2 is 1.54 bits per heavy atom. The number of halogens is 8. The monoisotopic (exact) mass is 526 g/mol. The van der Waals surface area contributed by atoms with E-state index in [1.54, 1.807) is 0 Å². The van der Waals surface area contributed by atoms with Crippen molar-refractivity contribution in [3.63, 3.8) is 0 Å². The van der Waals surface area contributed by atoms with Gasteiger partial charge in [0, 0.05) is 17.2 Å². The van der Waals surface area contributed by atoms with Crippen LogP contribution >= 0.6 is 0 Å². The van der Waals surface area contributed by atoms with Crippen LogP contribution in [0.25, 0.3) is 16.7 Å². The maximum atomic E-state index is 15.0. The second-order valence-corrected chi connectivity index (χ2v) is 9.95. The highest BCUT2D eigenvalue weighted by molar-refractivity contribution is 5.81. The van der Waals surface area contributed by atoms with Gasteiger partial charge in [0.1, 0.15) is 23.3 Å². The molecule has 0 nitrogen and oxygen atoms in total. The Hall–Kier alpha value is -2.90. The maximum absolute atomic E-state index is 15.0. The third-order valence-corrected chi connectivity index (χ3v) is 7.33. The first kappa shape index (κ1) is 27.1. The van der Waals surface area contributed by atoms with Crippen molar-refractivity contribution in [2.75, 3.05) is 0 Å². The van der Waals surface area contributed by atoms with Gasteiger partial charge in [0.05, 0.1) is 5.56 Å². The molecule has 2 aromatic rings. The van der Waals surface area contributed by atoms with Gasteiger partial charge in [-0.25, -0.2) is 22.0 Å². The third-order valence-electron chi connectivity index (χ3n) is 7.33. The number of hydrogen-bond acceptors (Lipinski definition) is 0. The molecule has 8 heteroatoms. The Bertz CT molecular complexity index is 1250. The Morgan fingerprint density at radius 1 is 0.919 bits per heavy atom. The zero-order valence-electron chi connectivity index (χ0n) is 20.3. The quantitative estimate of drug-likeness (QED) is 0.348. The van der Waals surface area contributed by atoms with Crippen LogP contribution in [0.15, 0.2) is 60.0 Å². The van der Waals surface area contributed by atoms with Crippen molar-refractivity contribution in [2.24, 2.45) is 5.92 Å². The van der Waals surface area contributed by atoms with Crippen molar-refractivity contribution >= 4 is 5.57 Å². The van der Waals surface area contributed by atoms with Crippen LogP contribution in [0.3, 0.4) is 0 Å². The molecule has 4 rings (SSSR count). The average molecular weight is 527 g/mol. The van der Waals surface area contributed by atoms with E-state index in [-0.39, 0.29) is 22.6 Å². The van der Waals surface area contributed by atoms with E-state index in [2.05, 4.69) is 6.92 Å². The molecule has 0 saturated heterocycles. The Balaban J connectivity index is 1.64. The van der Waals surface area contributed by atoms with Gasteiger partial charge in [0.25, 0.3) is 0 Å². The summed E-state index contributed by atoms with van der Waals surface area (Å²) in [5, 5.41) is 0. The molecule has 2 aromatic carbocycles. The van der Waals surface area contributed by atoms with Crippen LogP contribution < -0.4 is 0 Å². The Kier molecular flexibility index (Phi) is 7.41. The largest absolute Gasteiger partial charge is 0.410 e. The normalized spacial score (nSPS) is 25.7. The van der Waals surface area contributed by atoms with Gasteiger partial charge in [-0.2, -0.15) is 13.2 Å². The summed E-state index contributed by atoms with van der Waals surface area (Å²) < 4.78 is 112. The summed E-state index contributed by atoms with van der Waals surface area (Å²) in [5.41, 5.74) is -4.72. The van der Waals surface area contributed by atoms with Crippen molar-refractivity contribution in [3.8, 4) is 11.1 Å². The molecule has 2 aliphatic rings. The molecule has 0 aliphatic heterocycles. The summed E-state index contributed by atoms with van der Waals surface area (Å²) in [4.78, 5) is 0. The SMILES string of the molecule is CCC1CCC(c2cc(F)c(-c3ccc(C4=CC(C)(F)/C(=C\C(F)(F)F)C(F)=C4)c(F)c3)c(F)c2)CC1. The van der Waals surface area contributed by atoms with Gasteiger partial charge >= 0.3 is 6.18 Å². The summed E-state index contributed by atoms with van der Waals surface area (Å²) in [6, 6.07) is 5.67. The van der Waals surface area contributed by atoms with E-state index in [1.807, 2.05) is 0 Å².